The molecule has 0 bridgehead atoms. The van der Waals surface area contributed by atoms with Gasteiger partial charge in [-0.2, -0.15) is 0 Å². The molecule has 0 radical (unpaired) electrons. The van der Waals surface area contributed by atoms with E-state index in [1.807, 2.05) is 56.3 Å². The SMILES string of the molecule is Cc1ccc(NS(=O)(=O)c2ccc3c(c2)[C@H]2C=CC[C@H]2[C@@H](c2ccccc2Cl)N3)cc1C. The molecule has 1 heterocycles. The monoisotopic (exact) mass is 464 g/mol. The Morgan fingerprint density at radius 3 is 2.56 bits per heavy atom. The van der Waals surface area contributed by atoms with Crippen molar-refractivity contribution in [2.45, 2.75) is 37.1 Å². The topological polar surface area (TPSA) is 58.2 Å². The van der Waals surface area contributed by atoms with Gasteiger partial charge in [0.2, 0.25) is 0 Å². The Morgan fingerprint density at radius 2 is 1.78 bits per heavy atom. The first-order valence-corrected chi connectivity index (χ1v) is 12.6. The number of hydrogen-bond donors (Lipinski definition) is 2. The molecule has 1 aliphatic carbocycles. The molecule has 4 nitrogen and oxygen atoms in total. The van der Waals surface area contributed by atoms with Crippen LogP contribution in [0.15, 0.2) is 77.7 Å². The highest BCUT2D eigenvalue weighted by Crippen LogP contribution is 2.51. The number of halogens is 1. The number of nitrogens with one attached hydrogen (secondary N) is 2. The summed E-state index contributed by atoms with van der Waals surface area (Å²) in [6.07, 6.45) is 5.30. The van der Waals surface area contributed by atoms with Crippen LogP contribution in [0, 0.1) is 19.8 Å². The van der Waals surface area contributed by atoms with E-state index in [2.05, 4.69) is 28.3 Å². The molecule has 3 aromatic rings. The fourth-order valence-electron chi connectivity index (χ4n) is 4.79. The summed E-state index contributed by atoms with van der Waals surface area (Å²) >= 11 is 6.51. The molecule has 3 atom stereocenters. The molecule has 2 N–H and O–H groups in total. The van der Waals surface area contributed by atoms with Crippen LogP contribution in [0.1, 0.15) is 40.6 Å². The highest BCUT2D eigenvalue weighted by Gasteiger charge is 2.39. The zero-order chi connectivity index (χ0) is 22.5. The molecule has 0 saturated heterocycles. The van der Waals surface area contributed by atoms with Gasteiger partial charge in [0.05, 0.1) is 10.9 Å². The van der Waals surface area contributed by atoms with E-state index in [1.165, 1.54) is 0 Å². The Bertz CT molecular complexity index is 1330. The summed E-state index contributed by atoms with van der Waals surface area (Å²) < 4.78 is 29.0. The largest absolute Gasteiger partial charge is 0.378 e. The summed E-state index contributed by atoms with van der Waals surface area (Å²) in [7, 11) is -3.70. The molecule has 164 valence electrons. The van der Waals surface area contributed by atoms with Crippen molar-refractivity contribution >= 4 is 33.0 Å². The molecule has 0 aromatic heterocycles. The van der Waals surface area contributed by atoms with Gasteiger partial charge in [-0.1, -0.05) is 48.0 Å². The lowest BCUT2D eigenvalue weighted by molar-refractivity contribution is 0.425. The molecule has 3 aromatic carbocycles. The second kappa shape index (κ2) is 7.98. The van der Waals surface area contributed by atoms with E-state index in [1.54, 1.807) is 12.1 Å². The predicted octanol–water partition coefficient (Wildman–Crippen LogP) is 6.58. The van der Waals surface area contributed by atoms with Crippen LogP contribution in [0.4, 0.5) is 11.4 Å². The minimum absolute atomic E-state index is 0.0762. The highest BCUT2D eigenvalue weighted by atomic mass is 35.5. The van der Waals surface area contributed by atoms with Crippen molar-refractivity contribution in [1.82, 2.24) is 0 Å². The third kappa shape index (κ3) is 3.70. The van der Waals surface area contributed by atoms with Gasteiger partial charge in [-0.05, 0) is 84.8 Å². The summed E-state index contributed by atoms with van der Waals surface area (Å²) in [5, 5.41) is 4.37. The van der Waals surface area contributed by atoms with Crippen molar-refractivity contribution in [3.8, 4) is 0 Å². The lowest BCUT2D eigenvalue weighted by Crippen LogP contribution is -2.29. The molecule has 0 unspecified atom stereocenters. The molecule has 0 amide bonds. The molecule has 1 aliphatic heterocycles. The van der Waals surface area contributed by atoms with Crippen LogP contribution in [-0.2, 0) is 10.0 Å². The lowest BCUT2D eigenvalue weighted by Gasteiger charge is -2.38. The molecule has 0 saturated carbocycles. The maximum atomic E-state index is 13.1. The number of rotatable bonds is 4. The summed E-state index contributed by atoms with van der Waals surface area (Å²) in [5.74, 6) is 0.428. The van der Waals surface area contributed by atoms with Crippen molar-refractivity contribution in [3.63, 3.8) is 0 Å². The third-order valence-electron chi connectivity index (χ3n) is 6.64. The van der Waals surface area contributed by atoms with Gasteiger partial charge in [-0.25, -0.2) is 8.42 Å². The Kier molecular flexibility index (Phi) is 5.26. The normalized spacial score (nSPS) is 21.5. The molecule has 0 spiro atoms. The molecular weight excluding hydrogens is 440 g/mol. The van der Waals surface area contributed by atoms with Gasteiger partial charge < -0.3 is 5.32 Å². The highest BCUT2D eigenvalue weighted by molar-refractivity contribution is 7.92. The number of fused-ring (bicyclic) bond motifs is 3. The first-order chi connectivity index (χ1) is 15.3. The number of allylic oxidation sites excluding steroid dienone is 2. The summed E-state index contributed by atoms with van der Waals surface area (Å²) in [6.45, 7) is 3.98. The van der Waals surface area contributed by atoms with E-state index < -0.39 is 10.0 Å². The smallest absolute Gasteiger partial charge is 0.261 e. The number of hydrogen-bond acceptors (Lipinski definition) is 3. The first-order valence-electron chi connectivity index (χ1n) is 10.7. The van der Waals surface area contributed by atoms with E-state index in [-0.39, 0.29) is 22.8 Å². The van der Waals surface area contributed by atoms with E-state index in [4.69, 9.17) is 11.6 Å². The number of anilines is 2. The molecule has 5 rings (SSSR count). The maximum absolute atomic E-state index is 13.1. The predicted molar refractivity (Wildman–Crippen MR) is 131 cm³/mol. The molecular formula is C26H25ClN2O2S. The molecule has 0 fully saturated rings. The van der Waals surface area contributed by atoms with Crippen molar-refractivity contribution in [1.29, 1.82) is 0 Å². The van der Waals surface area contributed by atoms with Gasteiger partial charge in [0.15, 0.2) is 0 Å². The minimum atomic E-state index is -3.70. The minimum Gasteiger partial charge on any atom is -0.378 e. The second-order valence-corrected chi connectivity index (χ2v) is 10.7. The van der Waals surface area contributed by atoms with E-state index >= 15 is 0 Å². The molecule has 2 aliphatic rings. The fourth-order valence-corrected chi connectivity index (χ4v) is 6.13. The van der Waals surface area contributed by atoms with Crippen molar-refractivity contribution in [3.05, 3.63) is 100 Å². The van der Waals surface area contributed by atoms with Crippen LogP contribution >= 0.6 is 11.6 Å². The zero-order valence-electron chi connectivity index (χ0n) is 18.0. The summed E-state index contributed by atoms with van der Waals surface area (Å²) in [4.78, 5) is 0.270. The second-order valence-electron chi connectivity index (χ2n) is 8.65. The average molecular weight is 465 g/mol. The van der Waals surface area contributed by atoms with Crippen molar-refractivity contribution in [2.24, 2.45) is 5.92 Å². The average Bonchev–Trinajstić information content (AvgIpc) is 3.26. The van der Waals surface area contributed by atoms with Crippen LogP contribution in [0.25, 0.3) is 0 Å². The van der Waals surface area contributed by atoms with Crippen LogP contribution in [0.2, 0.25) is 5.02 Å². The van der Waals surface area contributed by atoms with E-state index in [0.29, 0.717) is 5.69 Å². The molecule has 6 heteroatoms. The van der Waals surface area contributed by atoms with E-state index in [9.17, 15) is 8.42 Å². The van der Waals surface area contributed by atoms with Gasteiger partial charge >= 0.3 is 0 Å². The van der Waals surface area contributed by atoms with Crippen molar-refractivity contribution < 1.29 is 8.42 Å². The van der Waals surface area contributed by atoms with Crippen LogP contribution in [0.3, 0.4) is 0 Å². The van der Waals surface area contributed by atoms with Crippen molar-refractivity contribution in [2.75, 3.05) is 10.0 Å². The first kappa shape index (κ1) is 21.1. The van der Waals surface area contributed by atoms with Gasteiger partial charge in [0, 0.05) is 22.3 Å². The Morgan fingerprint density at radius 1 is 0.969 bits per heavy atom. The Hall–Kier alpha value is -2.76. The van der Waals surface area contributed by atoms with Gasteiger partial charge in [0.25, 0.3) is 10.0 Å². The number of sulfonamides is 1. The maximum Gasteiger partial charge on any atom is 0.261 e. The fraction of sp³-hybridized carbons (Fsp3) is 0.231. The zero-order valence-corrected chi connectivity index (χ0v) is 19.5. The summed E-state index contributed by atoms with van der Waals surface area (Å²) in [5.41, 5.74) is 5.78. The Labute approximate surface area is 194 Å². The number of aryl methyl sites for hydroxylation is 2. The van der Waals surface area contributed by atoms with E-state index in [0.717, 1.165) is 39.4 Å². The van der Waals surface area contributed by atoms with Gasteiger partial charge in [-0.15, -0.1) is 0 Å². The molecule has 32 heavy (non-hydrogen) atoms. The third-order valence-corrected chi connectivity index (χ3v) is 8.37. The quantitative estimate of drug-likeness (QED) is 0.428. The Balaban J connectivity index is 1.49. The van der Waals surface area contributed by atoms with Gasteiger partial charge in [0.1, 0.15) is 0 Å². The number of benzene rings is 3. The van der Waals surface area contributed by atoms with Crippen LogP contribution < -0.4 is 10.0 Å². The lowest BCUT2D eigenvalue weighted by atomic mass is 9.77. The standard InChI is InChI=1S/C26H25ClN2O2S/c1-16-10-11-18(14-17(16)2)29-32(30,31)19-12-13-25-23(15-19)20-7-5-8-21(20)26(28-25)22-6-3-4-9-24(22)27/h3-7,9-15,20-21,26,28-29H,8H2,1-2H3/t20-,21+,26-/m0/s1. The van der Waals surface area contributed by atoms with Crippen LogP contribution in [-0.4, -0.2) is 8.42 Å². The summed E-state index contributed by atoms with van der Waals surface area (Å²) in [6, 6.07) is 18.9. The van der Waals surface area contributed by atoms with Crippen LogP contribution in [0.5, 0.6) is 0 Å². The van der Waals surface area contributed by atoms with Gasteiger partial charge in [-0.3, -0.25) is 4.72 Å².